The number of alkyl halides is 1. The third kappa shape index (κ3) is 4.35. The minimum atomic E-state index is -0.759. The fourth-order valence-corrected chi connectivity index (χ4v) is 0.743. The standard InChI is InChI=1S/C6H7NO2.C2H3IO2/c1-2-7-5(8)3-4-6(7)9;3-1-2(4)5/h3-4H,2H2,1H3;1H2,(H,4,5). The van der Waals surface area contributed by atoms with E-state index in [-0.39, 0.29) is 16.2 Å². The molecule has 0 aromatic rings. The Hall–Kier alpha value is -0.920. The molecule has 0 fully saturated rings. The molecule has 0 aliphatic carbocycles. The average molecular weight is 311 g/mol. The van der Waals surface area contributed by atoms with Gasteiger partial charge in [0, 0.05) is 18.7 Å². The number of carboxylic acids is 1. The van der Waals surface area contributed by atoms with Crippen LogP contribution in [0.2, 0.25) is 0 Å². The zero-order chi connectivity index (χ0) is 11.1. The Bertz CT molecular complexity index is 257. The van der Waals surface area contributed by atoms with Gasteiger partial charge >= 0.3 is 5.97 Å². The lowest BCUT2D eigenvalue weighted by Gasteiger charge is -2.08. The van der Waals surface area contributed by atoms with Crippen LogP contribution in [0.5, 0.6) is 0 Å². The van der Waals surface area contributed by atoms with Gasteiger partial charge in [-0.05, 0) is 6.92 Å². The quantitative estimate of drug-likeness (QED) is 0.456. The minimum Gasteiger partial charge on any atom is -0.481 e. The summed E-state index contributed by atoms with van der Waals surface area (Å²) in [5, 5.41) is 7.71. The number of hydrogen-bond donors (Lipinski definition) is 1. The molecule has 0 spiro atoms. The molecule has 1 aliphatic rings. The molecule has 1 N–H and O–H groups in total. The van der Waals surface area contributed by atoms with Crippen molar-refractivity contribution in [2.24, 2.45) is 0 Å². The summed E-state index contributed by atoms with van der Waals surface area (Å²) in [6.07, 6.45) is 2.57. The molecule has 78 valence electrons. The highest BCUT2D eigenvalue weighted by atomic mass is 127. The number of rotatable bonds is 2. The van der Waals surface area contributed by atoms with Crippen LogP contribution in [0.4, 0.5) is 0 Å². The van der Waals surface area contributed by atoms with E-state index in [4.69, 9.17) is 5.11 Å². The van der Waals surface area contributed by atoms with E-state index >= 15 is 0 Å². The van der Waals surface area contributed by atoms with Crippen molar-refractivity contribution in [3.05, 3.63) is 12.2 Å². The molecule has 0 radical (unpaired) electrons. The topological polar surface area (TPSA) is 74.7 Å². The third-order valence-corrected chi connectivity index (χ3v) is 1.98. The third-order valence-electron chi connectivity index (χ3n) is 1.33. The number of imide groups is 1. The molecule has 0 bridgehead atoms. The van der Waals surface area contributed by atoms with Crippen molar-refractivity contribution in [2.45, 2.75) is 6.92 Å². The number of halogens is 1. The van der Waals surface area contributed by atoms with Crippen molar-refractivity contribution in [3.8, 4) is 0 Å². The smallest absolute Gasteiger partial charge is 0.313 e. The van der Waals surface area contributed by atoms with Crippen LogP contribution in [0.1, 0.15) is 6.92 Å². The van der Waals surface area contributed by atoms with Crippen LogP contribution in [0.15, 0.2) is 12.2 Å². The summed E-state index contributed by atoms with van der Waals surface area (Å²) >= 11 is 1.78. The summed E-state index contributed by atoms with van der Waals surface area (Å²) in [4.78, 5) is 31.8. The van der Waals surface area contributed by atoms with E-state index in [9.17, 15) is 14.4 Å². The molecule has 6 heteroatoms. The van der Waals surface area contributed by atoms with Gasteiger partial charge in [0.25, 0.3) is 11.8 Å². The number of carbonyl (C=O) groups excluding carboxylic acids is 2. The summed E-state index contributed by atoms with van der Waals surface area (Å²) in [6, 6.07) is 0. The van der Waals surface area contributed by atoms with Crippen molar-refractivity contribution in [1.82, 2.24) is 4.90 Å². The highest BCUT2D eigenvalue weighted by molar-refractivity contribution is 14.1. The number of nitrogens with zero attached hydrogens (tertiary/aromatic N) is 1. The van der Waals surface area contributed by atoms with Crippen LogP contribution in [-0.4, -0.2) is 38.8 Å². The molecule has 0 aromatic heterocycles. The summed E-state index contributed by atoms with van der Waals surface area (Å²) < 4.78 is 0.192. The molecule has 1 aliphatic heterocycles. The van der Waals surface area contributed by atoms with Gasteiger partial charge < -0.3 is 5.11 Å². The SMILES string of the molecule is CCN1C(=O)C=CC1=O.O=C(O)CI. The van der Waals surface area contributed by atoms with Crippen LogP contribution in [0, 0.1) is 0 Å². The van der Waals surface area contributed by atoms with Gasteiger partial charge in [-0.15, -0.1) is 0 Å². The zero-order valence-electron chi connectivity index (χ0n) is 7.57. The van der Waals surface area contributed by atoms with E-state index in [2.05, 4.69) is 0 Å². The predicted molar refractivity (Wildman–Crippen MR) is 58.1 cm³/mol. The van der Waals surface area contributed by atoms with E-state index in [1.165, 1.54) is 17.1 Å². The molecule has 0 saturated carbocycles. The monoisotopic (exact) mass is 311 g/mol. The molecular formula is C8H10INO4. The Labute approximate surface area is 94.9 Å². The van der Waals surface area contributed by atoms with Crippen LogP contribution in [0.3, 0.4) is 0 Å². The van der Waals surface area contributed by atoms with Crippen molar-refractivity contribution < 1.29 is 19.5 Å². The fourth-order valence-electron chi connectivity index (χ4n) is 0.743. The van der Waals surface area contributed by atoms with Gasteiger partial charge in [-0.3, -0.25) is 19.3 Å². The first kappa shape index (κ1) is 13.1. The number of aliphatic carboxylic acids is 1. The minimum absolute atomic E-state index is 0.192. The Morgan fingerprint density at radius 1 is 1.43 bits per heavy atom. The largest absolute Gasteiger partial charge is 0.481 e. The van der Waals surface area contributed by atoms with Crippen molar-refractivity contribution in [3.63, 3.8) is 0 Å². The van der Waals surface area contributed by atoms with Gasteiger partial charge in [0.1, 0.15) is 0 Å². The molecule has 0 atom stereocenters. The van der Waals surface area contributed by atoms with Crippen LogP contribution in [0.25, 0.3) is 0 Å². The van der Waals surface area contributed by atoms with E-state index in [0.29, 0.717) is 6.54 Å². The van der Waals surface area contributed by atoms with Gasteiger partial charge in [-0.1, -0.05) is 22.6 Å². The number of carboxylic acid groups (broad SMARTS) is 1. The van der Waals surface area contributed by atoms with Crippen molar-refractivity contribution in [1.29, 1.82) is 0 Å². The van der Waals surface area contributed by atoms with Crippen molar-refractivity contribution >= 4 is 40.4 Å². The molecule has 0 unspecified atom stereocenters. The molecule has 0 saturated heterocycles. The first-order valence-electron chi connectivity index (χ1n) is 3.84. The van der Waals surface area contributed by atoms with Gasteiger partial charge in [0.15, 0.2) is 0 Å². The highest BCUT2D eigenvalue weighted by Crippen LogP contribution is 2.00. The predicted octanol–water partition coefficient (Wildman–Crippen LogP) is 0.437. The van der Waals surface area contributed by atoms with E-state index in [1.807, 2.05) is 0 Å². The lowest BCUT2D eigenvalue weighted by Crippen LogP contribution is -2.29. The molecule has 0 aromatic carbocycles. The molecular weight excluding hydrogens is 301 g/mol. The zero-order valence-corrected chi connectivity index (χ0v) is 9.72. The summed E-state index contributed by atoms with van der Waals surface area (Å²) in [5.41, 5.74) is 0. The Balaban J connectivity index is 0.000000292. The van der Waals surface area contributed by atoms with Crippen LogP contribution < -0.4 is 0 Å². The maximum atomic E-state index is 10.6. The van der Waals surface area contributed by atoms with E-state index in [0.717, 1.165) is 0 Å². The Morgan fingerprint density at radius 2 is 1.79 bits per heavy atom. The normalized spacial score (nSPS) is 14.0. The maximum Gasteiger partial charge on any atom is 0.313 e. The van der Waals surface area contributed by atoms with Gasteiger partial charge in [-0.2, -0.15) is 0 Å². The first-order valence-corrected chi connectivity index (χ1v) is 5.36. The van der Waals surface area contributed by atoms with Gasteiger partial charge in [0.05, 0.1) is 4.43 Å². The molecule has 2 amide bonds. The molecule has 1 rings (SSSR count). The molecule has 14 heavy (non-hydrogen) atoms. The summed E-state index contributed by atoms with van der Waals surface area (Å²) in [5.74, 6) is -1.17. The first-order chi connectivity index (χ1) is 6.52. The van der Waals surface area contributed by atoms with Crippen LogP contribution in [-0.2, 0) is 14.4 Å². The Morgan fingerprint density at radius 3 is 1.93 bits per heavy atom. The molecule has 5 nitrogen and oxygen atoms in total. The second-order valence-electron chi connectivity index (χ2n) is 2.28. The summed E-state index contributed by atoms with van der Waals surface area (Å²) in [7, 11) is 0. The number of amides is 2. The van der Waals surface area contributed by atoms with Gasteiger partial charge in [0.2, 0.25) is 0 Å². The lowest BCUT2D eigenvalue weighted by atomic mass is 10.5. The van der Waals surface area contributed by atoms with E-state index < -0.39 is 5.97 Å². The summed E-state index contributed by atoms with van der Waals surface area (Å²) in [6.45, 7) is 2.23. The second-order valence-corrected chi connectivity index (χ2v) is 3.04. The van der Waals surface area contributed by atoms with Crippen LogP contribution >= 0.6 is 22.6 Å². The fraction of sp³-hybridized carbons (Fsp3) is 0.375. The highest BCUT2D eigenvalue weighted by Gasteiger charge is 2.20. The lowest BCUT2D eigenvalue weighted by molar-refractivity contribution is -0.136. The maximum absolute atomic E-state index is 10.6. The molecule has 1 heterocycles. The number of hydrogen-bond acceptors (Lipinski definition) is 3. The number of likely N-dealkylation sites (N-methyl/N-ethyl adjacent to an activating group) is 1. The number of carbonyl (C=O) groups is 3. The van der Waals surface area contributed by atoms with E-state index in [1.54, 1.807) is 29.5 Å². The Kier molecular flexibility index (Phi) is 6.09. The second kappa shape index (κ2) is 6.52. The van der Waals surface area contributed by atoms with Crippen molar-refractivity contribution in [2.75, 3.05) is 11.0 Å². The van der Waals surface area contributed by atoms with Gasteiger partial charge in [-0.25, -0.2) is 0 Å². The average Bonchev–Trinajstić information content (AvgIpc) is 2.47.